The number of hydrogen-bond donors (Lipinski definition) is 1. The maximum atomic E-state index is 12.3. The van der Waals surface area contributed by atoms with Gasteiger partial charge in [0.25, 0.3) is 0 Å². The molecule has 0 radical (unpaired) electrons. The van der Waals surface area contributed by atoms with Crippen molar-refractivity contribution in [3.05, 3.63) is 24.3 Å². The first-order valence-electron chi connectivity index (χ1n) is 9.94. The van der Waals surface area contributed by atoms with E-state index in [1.54, 1.807) is 0 Å². The molecule has 2 aliphatic rings. The van der Waals surface area contributed by atoms with E-state index in [4.69, 9.17) is 0 Å². The van der Waals surface area contributed by atoms with Gasteiger partial charge in [-0.1, -0.05) is 13.8 Å². The fraction of sp³-hybridized carbons (Fsp3) is 0.619. The molecule has 2 amide bonds. The maximum absolute atomic E-state index is 12.3. The Bertz CT molecular complexity index is 621. The number of likely N-dealkylation sites (tertiary alicyclic amines) is 1. The van der Waals surface area contributed by atoms with Crippen molar-refractivity contribution < 1.29 is 9.59 Å². The van der Waals surface area contributed by atoms with E-state index in [1.165, 1.54) is 18.5 Å². The summed E-state index contributed by atoms with van der Waals surface area (Å²) in [5.41, 5.74) is 1.96. The normalized spacial score (nSPS) is 21.5. The Morgan fingerprint density at radius 2 is 1.69 bits per heavy atom. The number of carbonyl (C=O) groups is 2. The molecule has 1 aromatic rings. The van der Waals surface area contributed by atoms with Gasteiger partial charge >= 0.3 is 0 Å². The molecule has 1 atom stereocenters. The Kier molecular flexibility index (Phi) is 6.17. The van der Waals surface area contributed by atoms with Crippen LogP contribution in [0.15, 0.2) is 24.3 Å². The van der Waals surface area contributed by atoms with Crippen molar-refractivity contribution in [2.24, 2.45) is 11.8 Å². The van der Waals surface area contributed by atoms with E-state index in [0.717, 1.165) is 50.6 Å². The average Bonchev–Trinajstić information content (AvgIpc) is 2.63. The van der Waals surface area contributed by atoms with Crippen molar-refractivity contribution in [2.75, 3.05) is 36.4 Å². The second kappa shape index (κ2) is 8.56. The highest BCUT2D eigenvalue weighted by Gasteiger charge is 2.22. The molecule has 1 aromatic carbocycles. The van der Waals surface area contributed by atoms with Crippen LogP contribution >= 0.6 is 0 Å². The monoisotopic (exact) mass is 357 g/mol. The summed E-state index contributed by atoms with van der Waals surface area (Å²) in [7, 11) is 0. The zero-order valence-corrected chi connectivity index (χ0v) is 16.0. The quantitative estimate of drug-likeness (QED) is 0.839. The van der Waals surface area contributed by atoms with Gasteiger partial charge in [-0.2, -0.15) is 0 Å². The Hall–Kier alpha value is -2.04. The van der Waals surface area contributed by atoms with Crippen molar-refractivity contribution in [2.45, 2.75) is 46.0 Å². The Balaban J connectivity index is 1.49. The van der Waals surface area contributed by atoms with Crippen LogP contribution in [0.4, 0.5) is 11.4 Å². The van der Waals surface area contributed by atoms with Gasteiger partial charge < -0.3 is 15.1 Å². The summed E-state index contributed by atoms with van der Waals surface area (Å²) in [6.45, 7) is 8.20. The number of nitrogens with zero attached hydrogens (tertiary/aromatic N) is 2. The molecule has 26 heavy (non-hydrogen) atoms. The number of anilines is 2. The van der Waals surface area contributed by atoms with Gasteiger partial charge in [-0.05, 0) is 61.8 Å². The van der Waals surface area contributed by atoms with E-state index in [-0.39, 0.29) is 18.2 Å². The molecular formula is C21H31N3O2. The number of hydrogen-bond acceptors (Lipinski definition) is 3. The molecule has 0 aliphatic carbocycles. The van der Waals surface area contributed by atoms with Crippen LogP contribution in [0.2, 0.25) is 0 Å². The second-order valence-corrected chi connectivity index (χ2v) is 8.03. The van der Waals surface area contributed by atoms with E-state index in [1.807, 2.05) is 17.0 Å². The molecule has 2 saturated heterocycles. The summed E-state index contributed by atoms with van der Waals surface area (Å²) in [6, 6.07) is 7.97. The lowest BCUT2D eigenvalue weighted by Crippen LogP contribution is -2.40. The number of rotatable bonds is 4. The summed E-state index contributed by atoms with van der Waals surface area (Å²) in [4.78, 5) is 28.7. The van der Waals surface area contributed by atoms with Crippen LogP contribution in [0.25, 0.3) is 0 Å². The van der Waals surface area contributed by atoms with E-state index >= 15 is 0 Å². The van der Waals surface area contributed by atoms with Crippen LogP contribution in [0.5, 0.6) is 0 Å². The third-order valence-electron chi connectivity index (χ3n) is 5.62. The number of piperidine rings is 2. The molecule has 3 rings (SSSR count). The van der Waals surface area contributed by atoms with Gasteiger partial charge in [-0.15, -0.1) is 0 Å². The molecule has 1 unspecified atom stereocenters. The first-order chi connectivity index (χ1) is 12.5. The number of amides is 2. The lowest BCUT2D eigenvalue weighted by atomic mass is 9.99. The fourth-order valence-electron chi connectivity index (χ4n) is 3.89. The highest BCUT2D eigenvalue weighted by atomic mass is 16.2. The zero-order chi connectivity index (χ0) is 18.5. The fourth-order valence-corrected chi connectivity index (χ4v) is 3.89. The molecule has 2 heterocycles. The highest BCUT2D eigenvalue weighted by molar-refractivity contribution is 6.03. The van der Waals surface area contributed by atoms with Crippen LogP contribution in [0, 0.1) is 11.8 Å². The van der Waals surface area contributed by atoms with Gasteiger partial charge in [-0.25, -0.2) is 0 Å². The summed E-state index contributed by atoms with van der Waals surface area (Å²) in [6.07, 6.45) is 4.59. The highest BCUT2D eigenvalue weighted by Crippen LogP contribution is 2.24. The van der Waals surface area contributed by atoms with E-state index in [2.05, 4.69) is 36.2 Å². The van der Waals surface area contributed by atoms with Crippen LogP contribution in [0.3, 0.4) is 0 Å². The van der Waals surface area contributed by atoms with Crippen molar-refractivity contribution in [3.63, 3.8) is 0 Å². The van der Waals surface area contributed by atoms with Gasteiger partial charge in [-0.3, -0.25) is 9.59 Å². The predicted octanol–water partition coefficient (Wildman–Crippen LogP) is 3.51. The molecule has 5 heteroatoms. The van der Waals surface area contributed by atoms with Crippen LogP contribution in [0.1, 0.15) is 46.0 Å². The van der Waals surface area contributed by atoms with Crippen LogP contribution < -0.4 is 10.2 Å². The van der Waals surface area contributed by atoms with Crippen molar-refractivity contribution >= 4 is 23.2 Å². The summed E-state index contributed by atoms with van der Waals surface area (Å²) in [5.74, 6) is 1.05. The van der Waals surface area contributed by atoms with E-state index in [9.17, 15) is 9.59 Å². The van der Waals surface area contributed by atoms with Gasteiger partial charge in [0.05, 0.1) is 0 Å². The maximum Gasteiger partial charge on any atom is 0.233 e. The van der Waals surface area contributed by atoms with Gasteiger partial charge in [0.1, 0.15) is 6.42 Å². The topological polar surface area (TPSA) is 52.7 Å². The van der Waals surface area contributed by atoms with E-state index < -0.39 is 0 Å². The molecule has 142 valence electrons. The molecule has 1 N–H and O–H groups in total. The van der Waals surface area contributed by atoms with Crippen molar-refractivity contribution in [1.29, 1.82) is 0 Å². The molecular weight excluding hydrogens is 326 g/mol. The largest absolute Gasteiger partial charge is 0.372 e. The van der Waals surface area contributed by atoms with Gasteiger partial charge in [0, 0.05) is 37.6 Å². The molecule has 0 bridgehead atoms. The molecule has 0 aromatic heterocycles. The molecule has 2 fully saturated rings. The number of nitrogens with one attached hydrogen (secondary N) is 1. The first-order valence-corrected chi connectivity index (χ1v) is 9.94. The smallest absolute Gasteiger partial charge is 0.233 e. The molecule has 0 spiro atoms. The van der Waals surface area contributed by atoms with E-state index in [0.29, 0.717) is 5.92 Å². The lowest BCUT2D eigenvalue weighted by molar-refractivity contribution is -0.136. The minimum absolute atomic E-state index is 0.0619. The zero-order valence-electron chi connectivity index (χ0n) is 16.0. The number of benzene rings is 1. The molecule has 5 nitrogen and oxygen atoms in total. The van der Waals surface area contributed by atoms with Crippen LogP contribution in [-0.2, 0) is 9.59 Å². The minimum Gasteiger partial charge on any atom is -0.372 e. The predicted molar refractivity (Wildman–Crippen MR) is 105 cm³/mol. The SMILES string of the molecule is CC1CCN(c2ccc(NC(=O)CC(=O)N3CCCC(C)C3)cc2)CC1. The average molecular weight is 357 g/mol. The van der Waals surface area contributed by atoms with Crippen LogP contribution in [-0.4, -0.2) is 42.9 Å². The Labute approximate surface area is 156 Å². The summed E-state index contributed by atoms with van der Waals surface area (Å²) >= 11 is 0. The Morgan fingerprint density at radius 3 is 2.35 bits per heavy atom. The van der Waals surface area contributed by atoms with Crippen molar-refractivity contribution in [1.82, 2.24) is 4.90 Å². The molecule has 2 aliphatic heterocycles. The second-order valence-electron chi connectivity index (χ2n) is 8.03. The lowest BCUT2D eigenvalue weighted by Gasteiger charge is -2.32. The summed E-state index contributed by atoms with van der Waals surface area (Å²) < 4.78 is 0. The van der Waals surface area contributed by atoms with Crippen molar-refractivity contribution in [3.8, 4) is 0 Å². The third-order valence-corrected chi connectivity index (χ3v) is 5.62. The molecule has 0 saturated carbocycles. The standard InChI is InChI=1S/C21H31N3O2/c1-16-9-12-23(13-10-16)19-7-5-18(6-8-19)22-20(25)14-21(26)24-11-3-4-17(2)15-24/h5-8,16-17H,3-4,9-15H2,1-2H3,(H,22,25). The minimum atomic E-state index is -0.229. The number of carbonyl (C=O) groups excluding carboxylic acids is 2. The Morgan fingerprint density at radius 1 is 1.00 bits per heavy atom. The first kappa shape index (κ1) is 18.7. The third kappa shape index (κ3) is 4.99. The van der Waals surface area contributed by atoms with Gasteiger partial charge in [0.2, 0.25) is 11.8 Å². The van der Waals surface area contributed by atoms with Gasteiger partial charge in [0.15, 0.2) is 0 Å². The summed E-state index contributed by atoms with van der Waals surface area (Å²) in [5, 5.41) is 2.86.